The van der Waals surface area contributed by atoms with Crippen LogP contribution >= 0.6 is 19.2 Å². The summed E-state index contributed by atoms with van der Waals surface area (Å²) < 4.78 is 31.3. The van der Waals surface area contributed by atoms with Gasteiger partial charge in [-0.2, -0.15) is 0 Å². The van der Waals surface area contributed by atoms with Gasteiger partial charge in [0.25, 0.3) is 0 Å². The molecule has 15 heteroatoms. The molecule has 2 amide bonds. The summed E-state index contributed by atoms with van der Waals surface area (Å²) in [6, 6.07) is 18.8. The number of nitrogens with zero attached hydrogens (tertiary/aromatic N) is 4. The lowest BCUT2D eigenvalue weighted by Gasteiger charge is -2.32. The van der Waals surface area contributed by atoms with Gasteiger partial charge in [-0.3, -0.25) is 18.9 Å². The van der Waals surface area contributed by atoms with Crippen molar-refractivity contribution in [3.63, 3.8) is 0 Å². The third-order valence-corrected chi connectivity index (χ3v) is 9.74. The summed E-state index contributed by atoms with van der Waals surface area (Å²) in [5.74, 6) is -2.20. The molecule has 52 heavy (non-hydrogen) atoms. The van der Waals surface area contributed by atoms with E-state index in [1.807, 2.05) is 18.2 Å². The van der Waals surface area contributed by atoms with Gasteiger partial charge in [0.15, 0.2) is 5.78 Å². The Bertz CT molecular complexity index is 1870. The van der Waals surface area contributed by atoms with Gasteiger partial charge in [0.2, 0.25) is 11.8 Å². The second-order valence-corrected chi connectivity index (χ2v) is 15.1. The number of ketones is 1. The molecule has 1 atom stereocenters. The van der Waals surface area contributed by atoms with Gasteiger partial charge in [0.05, 0.1) is 36.9 Å². The minimum Gasteiger partial charge on any atom is -0.456 e. The third-order valence-electron chi connectivity index (χ3n) is 7.55. The van der Waals surface area contributed by atoms with E-state index in [0.29, 0.717) is 16.4 Å². The Hall–Kier alpha value is -4.68. The fourth-order valence-corrected chi connectivity index (χ4v) is 7.02. The maximum absolute atomic E-state index is 14.2. The van der Waals surface area contributed by atoms with E-state index in [9.17, 15) is 23.7 Å². The van der Waals surface area contributed by atoms with Gasteiger partial charge in [-0.1, -0.05) is 47.1 Å². The Morgan fingerprint density at radius 1 is 0.962 bits per heavy atom. The van der Waals surface area contributed by atoms with Crippen LogP contribution in [0.1, 0.15) is 67.3 Å². The number of anilines is 1. The normalized spacial score (nSPS) is 12.2. The van der Waals surface area contributed by atoms with E-state index in [1.165, 1.54) is 34.0 Å². The standard InChI is InChI=1S/C37H43ClN5O8P/c1-6-49-52(48,50-7-2)25-34(45)42(21-19-33(44)30-24-28(38)15-18-31(30)43-22-20-39-41-43)32(23-26-11-9-8-10-12-26)35(46)40-29-16-13-27(14-17-29)36(47)51-37(3,4)5/h8-18,20,22,24,32H,6-7,19,21,23,25H2,1-5H3,(H,40,46). The highest BCUT2D eigenvalue weighted by molar-refractivity contribution is 7.54. The number of aromatic nitrogens is 3. The maximum atomic E-state index is 14.2. The molecule has 0 fully saturated rings. The summed E-state index contributed by atoms with van der Waals surface area (Å²) in [5, 5.41) is 11.0. The van der Waals surface area contributed by atoms with E-state index >= 15 is 0 Å². The molecule has 3 aromatic carbocycles. The van der Waals surface area contributed by atoms with Gasteiger partial charge in [-0.25, -0.2) is 9.48 Å². The Labute approximate surface area is 308 Å². The van der Waals surface area contributed by atoms with Crippen molar-refractivity contribution in [3.05, 3.63) is 107 Å². The van der Waals surface area contributed by atoms with Gasteiger partial charge in [-0.05, 0) is 82.6 Å². The molecule has 1 aromatic heterocycles. The Morgan fingerprint density at radius 2 is 1.63 bits per heavy atom. The van der Waals surface area contributed by atoms with Crippen molar-refractivity contribution in [2.24, 2.45) is 0 Å². The molecule has 4 rings (SSSR count). The number of halogens is 1. The third kappa shape index (κ3) is 11.4. The van der Waals surface area contributed by atoms with E-state index in [2.05, 4.69) is 15.6 Å². The predicted molar refractivity (Wildman–Crippen MR) is 197 cm³/mol. The summed E-state index contributed by atoms with van der Waals surface area (Å²) in [6.45, 7) is 8.36. The maximum Gasteiger partial charge on any atom is 0.340 e. The van der Waals surface area contributed by atoms with Crippen molar-refractivity contribution in [2.45, 2.75) is 59.1 Å². The van der Waals surface area contributed by atoms with Crippen molar-refractivity contribution in [1.29, 1.82) is 0 Å². The Balaban J connectivity index is 1.69. The van der Waals surface area contributed by atoms with Crippen molar-refractivity contribution in [3.8, 4) is 5.69 Å². The second-order valence-electron chi connectivity index (χ2n) is 12.6. The van der Waals surface area contributed by atoms with E-state index in [0.717, 1.165) is 5.56 Å². The fraction of sp³-hybridized carbons (Fsp3) is 0.351. The number of nitrogens with one attached hydrogen (secondary N) is 1. The summed E-state index contributed by atoms with van der Waals surface area (Å²) in [6.07, 6.45) is 2.21. The number of benzene rings is 3. The van der Waals surface area contributed by atoms with Crippen molar-refractivity contribution < 1.29 is 37.5 Å². The number of hydrogen-bond acceptors (Lipinski definition) is 10. The fourth-order valence-electron chi connectivity index (χ4n) is 5.29. The molecule has 4 aromatic rings. The number of rotatable bonds is 17. The first-order chi connectivity index (χ1) is 24.7. The topological polar surface area (TPSA) is 159 Å². The molecular weight excluding hydrogens is 709 g/mol. The molecule has 0 spiro atoms. The van der Waals surface area contributed by atoms with Crippen LogP contribution in [-0.2, 0) is 34.4 Å². The van der Waals surface area contributed by atoms with Crippen LogP contribution < -0.4 is 5.32 Å². The van der Waals surface area contributed by atoms with E-state index in [1.54, 1.807) is 77.2 Å². The molecule has 0 aliphatic carbocycles. The number of esters is 1. The smallest absolute Gasteiger partial charge is 0.340 e. The van der Waals surface area contributed by atoms with E-state index in [-0.39, 0.29) is 49.5 Å². The molecule has 0 aliphatic heterocycles. The number of amides is 2. The lowest BCUT2D eigenvalue weighted by molar-refractivity contribution is -0.136. The summed E-state index contributed by atoms with van der Waals surface area (Å²) in [7, 11) is -3.92. The molecule has 1 heterocycles. The summed E-state index contributed by atoms with van der Waals surface area (Å²) in [5.41, 5.74) is 1.34. The van der Waals surface area contributed by atoms with E-state index < -0.39 is 43.2 Å². The number of Topliss-reactive ketones (excluding diaryl/α,β-unsaturated/α-hetero) is 1. The van der Waals surface area contributed by atoms with Gasteiger partial charge in [0, 0.05) is 35.7 Å². The number of carbonyl (C=O) groups excluding carboxylic acids is 4. The van der Waals surface area contributed by atoms with Gasteiger partial charge < -0.3 is 24.0 Å². The number of ether oxygens (including phenoxy) is 1. The summed E-state index contributed by atoms with van der Waals surface area (Å²) >= 11 is 6.28. The highest BCUT2D eigenvalue weighted by atomic mass is 35.5. The van der Waals surface area contributed by atoms with Crippen LogP contribution in [0.3, 0.4) is 0 Å². The van der Waals surface area contributed by atoms with Crippen LogP contribution in [0.5, 0.6) is 0 Å². The Morgan fingerprint density at radius 3 is 2.23 bits per heavy atom. The first kappa shape index (κ1) is 40.1. The van der Waals surface area contributed by atoms with Crippen LogP contribution in [0.2, 0.25) is 5.02 Å². The predicted octanol–water partition coefficient (Wildman–Crippen LogP) is 6.79. The molecule has 0 saturated heterocycles. The van der Waals surface area contributed by atoms with Crippen molar-refractivity contribution >= 4 is 48.5 Å². The molecule has 1 N–H and O–H groups in total. The SMILES string of the molecule is CCOP(=O)(CC(=O)N(CCC(=O)c1cc(Cl)ccc1-n1ccnn1)C(Cc1ccccc1)C(=O)Nc1ccc(C(=O)OC(C)(C)C)cc1)OCC. The first-order valence-corrected chi connectivity index (χ1v) is 18.9. The molecule has 0 radical (unpaired) electrons. The number of carbonyl (C=O) groups is 4. The molecule has 0 saturated carbocycles. The van der Waals surface area contributed by atoms with Crippen molar-refractivity contribution in [1.82, 2.24) is 19.9 Å². The van der Waals surface area contributed by atoms with Gasteiger partial charge in [-0.15, -0.1) is 5.10 Å². The van der Waals surface area contributed by atoms with Crippen molar-refractivity contribution in [2.75, 3.05) is 31.2 Å². The van der Waals surface area contributed by atoms with Gasteiger partial charge in [0.1, 0.15) is 17.8 Å². The zero-order chi connectivity index (χ0) is 37.9. The molecule has 1 unspecified atom stereocenters. The van der Waals surface area contributed by atoms with Gasteiger partial charge >= 0.3 is 13.6 Å². The Kier molecular flexibility index (Phi) is 14.0. The molecule has 13 nitrogen and oxygen atoms in total. The average molecular weight is 752 g/mol. The monoisotopic (exact) mass is 751 g/mol. The lowest BCUT2D eigenvalue weighted by Crippen LogP contribution is -2.50. The highest BCUT2D eigenvalue weighted by Gasteiger charge is 2.36. The van der Waals surface area contributed by atoms with Crippen LogP contribution in [0, 0.1) is 0 Å². The number of hydrogen-bond donors (Lipinski definition) is 1. The molecule has 276 valence electrons. The van der Waals surface area contributed by atoms with E-state index in [4.69, 9.17) is 25.4 Å². The highest BCUT2D eigenvalue weighted by Crippen LogP contribution is 2.48. The van der Waals surface area contributed by atoms with Crippen LogP contribution in [0.4, 0.5) is 5.69 Å². The minimum absolute atomic E-state index is 0.0239. The zero-order valence-corrected chi connectivity index (χ0v) is 31.4. The quantitative estimate of drug-likeness (QED) is 0.0691. The average Bonchev–Trinajstić information content (AvgIpc) is 3.63. The molecule has 0 aliphatic rings. The largest absolute Gasteiger partial charge is 0.456 e. The second kappa shape index (κ2) is 18.2. The minimum atomic E-state index is -3.92. The van der Waals surface area contributed by atoms with Crippen LogP contribution in [-0.4, -0.2) is 81.0 Å². The van der Waals surface area contributed by atoms with Crippen LogP contribution in [0.25, 0.3) is 5.69 Å². The van der Waals surface area contributed by atoms with Crippen LogP contribution in [0.15, 0.2) is 85.2 Å². The zero-order valence-electron chi connectivity index (χ0n) is 29.8. The molecular formula is C37H43ClN5O8P. The lowest BCUT2D eigenvalue weighted by atomic mass is 10.0. The summed E-state index contributed by atoms with van der Waals surface area (Å²) in [4.78, 5) is 56.1. The first-order valence-electron chi connectivity index (χ1n) is 16.8. The molecule has 0 bridgehead atoms.